The molecule has 0 saturated carbocycles. The van der Waals surface area contributed by atoms with E-state index in [4.69, 9.17) is 19.2 Å². The first-order chi connectivity index (χ1) is 16.5. The van der Waals surface area contributed by atoms with E-state index >= 15 is 0 Å². The van der Waals surface area contributed by atoms with Gasteiger partial charge in [-0.05, 0) is 50.9 Å². The van der Waals surface area contributed by atoms with Gasteiger partial charge in [-0.25, -0.2) is 9.97 Å². The summed E-state index contributed by atoms with van der Waals surface area (Å²) in [6, 6.07) is 7.79. The Kier molecular flexibility index (Phi) is 7.56. The molecule has 1 aromatic carbocycles. The van der Waals surface area contributed by atoms with E-state index in [9.17, 15) is 0 Å². The number of thiophene rings is 1. The lowest BCUT2D eigenvalue weighted by Gasteiger charge is -2.16. The predicted molar refractivity (Wildman–Crippen MR) is 137 cm³/mol. The van der Waals surface area contributed by atoms with Crippen LogP contribution in [0, 0.1) is 20.8 Å². The quantitative estimate of drug-likeness (QED) is 0.279. The van der Waals surface area contributed by atoms with Crippen LogP contribution in [0.5, 0.6) is 5.75 Å². The van der Waals surface area contributed by atoms with E-state index in [0.29, 0.717) is 11.6 Å². The van der Waals surface area contributed by atoms with E-state index in [1.54, 1.807) is 18.4 Å². The van der Waals surface area contributed by atoms with Gasteiger partial charge >= 0.3 is 0 Å². The summed E-state index contributed by atoms with van der Waals surface area (Å²) < 4.78 is 11.0. The highest BCUT2D eigenvalue weighted by atomic mass is 32.1. The molecule has 0 spiro atoms. The fourth-order valence-electron chi connectivity index (χ4n) is 3.79. The second-order valence-electron chi connectivity index (χ2n) is 7.98. The van der Waals surface area contributed by atoms with Crippen LogP contribution >= 0.6 is 11.3 Å². The standard InChI is InChI=1S/C25H30N6O2S/c1-15-23(22-16(2)31-33-17(22)3)29-25(19-14-34-13-18(19)12-27-11-10-26-4)30-24(15)28-20-8-6-7-9-21(20)32-5/h6-9,13-14,26-27H,10-12H2,1-5H3,(H,28,29,30). The number of para-hydroxylation sites is 2. The van der Waals surface area contributed by atoms with Crippen LogP contribution in [0.1, 0.15) is 22.6 Å². The van der Waals surface area contributed by atoms with Gasteiger partial charge in [-0.3, -0.25) is 0 Å². The maximum Gasteiger partial charge on any atom is 0.163 e. The van der Waals surface area contributed by atoms with Crippen LogP contribution < -0.4 is 20.7 Å². The topological polar surface area (TPSA) is 97.1 Å². The van der Waals surface area contributed by atoms with Gasteiger partial charge in [0.05, 0.1) is 29.7 Å². The van der Waals surface area contributed by atoms with Crippen molar-refractivity contribution in [3.05, 3.63) is 57.6 Å². The first-order valence-electron chi connectivity index (χ1n) is 11.2. The van der Waals surface area contributed by atoms with Gasteiger partial charge in [0.2, 0.25) is 0 Å². The van der Waals surface area contributed by atoms with E-state index in [0.717, 1.165) is 70.5 Å². The Morgan fingerprint density at radius 2 is 1.88 bits per heavy atom. The molecule has 0 amide bonds. The van der Waals surface area contributed by atoms with Crippen molar-refractivity contribution in [3.63, 3.8) is 0 Å². The SMILES string of the molecule is CNCCNCc1cscc1-c1nc(Nc2ccccc2OC)c(C)c(-c2c(C)noc2C)n1. The highest BCUT2D eigenvalue weighted by Gasteiger charge is 2.22. The molecule has 3 heterocycles. The summed E-state index contributed by atoms with van der Waals surface area (Å²) in [5.74, 6) is 2.84. The van der Waals surface area contributed by atoms with Crippen molar-refractivity contribution in [1.29, 1.82) is 0 Å². The summed E-state index contributed by atoms with van der Waals surface area (Å²) in [5, 5.41) is 18.5. The van der Waals surface area contributed by atoms with Crippen molar-refractivity contribution in [1.82, 2.24) is 25.8 Å². The molecule has 4 aromatic rings. The Morgan fingerprint density at radius 3 is 2.62 bits per heavy atom. The first kappa shape index (κ1) is 23.9. The Balaban J connectivity index is 1.81. The molecule has 0 bridgehead atoms. The van der Waals surface area contributed by atoms with Gasteiger partial charge < -0.3 is 25.2 Å². The van der Waals surface area contributed by atoms with Crippen LogP contribution in [0.3, 0.4) is 0 Å². The van der Waals surface area contributed by atoms with Crippen molar-refractivity contribution >= 4 is 22.8 Å². The minimum absolute atomic E-state index is 0.657. The number of ether oxygens (including phenoxy) is 1. The summed E-state index contributed by atoms with van der Waals surface area (Å²) in [6.45, 7) is 8.38. The lowest BCUT2D eigenvalue weighted by atomic mass is 10.0. The molecular formula is C25H30N6O2S. The second kappa shape index (κ2) is 10.8. The van der Waals surface area contributed by atoms with Crippen molar-refractivity contribution < 1.29 is 9.26 Å². The van der Waals surface area contributed by atoms with E-state index in [2.05, 4.69) is 31.9 Å². The first-order valence-corrected chi connectivity index (χ1v) is 12.1. The lowest BCUT2D eigenvalue weighted by molar-refractivity contribution is 0.393. The van der Waals surface area contributed by atoms with Gasteiger partial charge in [-0.1, -0.05) is 17.3 Å². The smallest absolute Gasteiger partial charge is 0.163 e. The molecule has 0 saturated heterocycles. The number of aryl methyl sites for hydroxylation is 2. The number of anilines is 2. The van der Waals surface area contributed by atoms with Crippen LogP contribution in [-0.2, 0) is 6.54 Å². The van der Waals surface area contributed by atoms with Gasteiger partial charge in [-0.2, -0.15) is 11.3 Å². The molecule has 0 radical (unpaired) electrons. The minimum Gasteiger partial charge on any atom is -0.495 e. The molecule has 0 unspecified atom stereocenters. The third kappa shape index (κ3) is 4.96. The lowest BCUT2D eigenvalue weighted by Crippen LogP contribution is -2.24. The number of rotatable bonds is 10. The van der Waals surface area contributed by atoms with Crippen molar-refractivity contribution in [2.24, 2.45) is 0 Å². The van der Waals surface area contributed by atoms with Gasteiger partial charge in [0, 0.05) is 36.1 Å². The number of hydrogen-bond donors (Lipinski definition) is 3. The van der Waals surface area contributed by atoms with E-state index in [-0.39, 0.29) is 0 Å². The van der Waals surface area contributed by atoms with Crippen molar-refractivity contribution in [2.75, 3.05) is 32.6 Å². The maximum absolute atomic E-state index is 5.54. The normalized spacial score (nSPS) is 11.1. The number of nitrogens with zero attached hydrogens (tertiary/aromatic N) is 3. The summed E-state index contributed by atoms with van der Waals surface area (Å²) in [4.78, 5) is 9.97. The van der Waals surface area contributed by atoms with Gasteiger partial charge in [0.25, 0.3) is 0 Å². The molecule has 9 heteroatoms. The molecule has 8 nitrogen and oxygen atoms in total. The molecule has 3 aromatic heterocycles. The number of nitrogens with one attached hydrogen (secondary N) is 3. The number of aromatic nitrogens is 3. The molecule has 0 aliphatic heterocycles. The van der Waals surface area contributed by atoms with Gasteiger partial charge in [-0.15, -0.1) is 0 Å². The van der Waals surface area contributed by atoms with Crippen molar-refractivity contribution in [3.8, 4) is 28.4 Å². The average Bonchev–Trinajstić information content (AvgIpc) is 3.44. The number of likely N-dealkylation sites (N-methyl/N-ethyl adjacent to an activating group) is 1. The molecule has 0 atom stereocenters. The maximum atomic E-state index is 5.54. The molecule has 34 heavy (non-hydrogen) atoms. The van der Waals surface area contributed by atoms with Crippen molar-refractivity contribution in [2.45, 2.75) is 27.3 Å². The zero-order valence-electron chi connectivity index (χ0n) is 20.2. The Bertz CT molecular complexity index is 1250. The molecule has 178 valence electrons. The van der Waals surface area contributed by atoms with Crippen LogP contribution in [0.15, 0.2) is 39.5 Å². The third-order valence-electron chi connectivity index (χ3n) is 5.63. The molecule has 0 fully saturated rings. The highest BCUT2D eigenvalue weighted by Crippen LogP contribution is 2.36. The van der Waals surface area contributed by atoms with E-state index in [1.165, 1.54) is 0 Å². The molecular weight excluding hydrogens is 448 g/mol. The van der Waals surface area contributed by atoms with Crippen LogP contribution in [0.2, 0.25) is 0 Å². The summed E-state index contributed by atoms with van der Waals surface area (Å²) in [6.07, 6.45) is 0. The number of methoxy groups -OCH3 is 1. The van der Waals surface area contributed by atoms with E-state index in [1.807, 2.05) is 52.1 Å². The second-order valence-corrected chi connectivity index (χ2v) is 8.73. The van der Waals surface area contributed by atoms with Gasteiger partial charge in [0.1, 0.15) is 17.3 Å². The van der Waals surface area contributed by atoms with E-state index < -0.39 is 0 Å². The number of benzene rings is 1. The Labute approximate surface area is 203 Å². The minimum atomic E-state index is 0.657. The zero-order chi connectivity index (χ0) is 24.1. The van der Waals surface area contributed by atoms with Gasteiger partial charge in [0.15, 0.2) is 5.82 Å². The average molecular weight is 479 g/mol. The Morgan fingerprint density at radius 1 is 1.06 bits per heavy atom. The molecule has 3 N–H and O–H groups in total. The van der Waals surface area contributed by atoms with Crippen LogP contribution in [0.25, 0.3) is 22.6 Å². The predicted octanol–water partition coefficient (Wildman–Crippen LogP) is 4.85. The highest BCUT2D eigenvalue weighted by molar-refractivity contribution is 7.08. The summed E-state index contributed by atoms with van der Waals surface area (Å²) in [5.41, 5.74) is 6.42. The third-order valence-corrected chi connectivity index (χ3v) is 6.42. The largest absolute Gasteiger partial charge is 0.495 e. The molecule has 4 rings (SSSR count). The van der Waals surface area contributed by atoms with Crippen LogP contribution in [-0.4, -0.2) is 42.4 Å². The zero-order valence-corrected chi connectivity index (χ0v) is 21.0. The fraction of sp³-hybridized carbons (Fsp3) is 0.320. The van der Waals surface area contributed by atoms with Crippen LogP contribution in [0.4, 0.5) is 11.5 Å². The monoisotopic (exact) mass is 478 g/mol. The summed E-state index contributed by atoms with van der Waals surface area (Å²) >= 11 is 1.65. The number of hydrogen-bond acceptors (Lipinski definition) is 9. The summed E-state index contributed by atoms with van der Waals surface area (Å²) in [7, 11) is 3.61. The Hall–Kier alpha value is -3.27. The molecule has 0 aliphatic rings. The fourth-order valence-corrected chi connectivity index (χ4v) is 4.63. The molecule has 0 aliphatic carbocycles.